The minimum atomic E-state index is 0.0874. The molecule has 1 N–H and O–H groups in total. The predicted octanol–water partition coefficient (Wildman–Crippen LogP) is 2.00. The van der Waals surface area contributed by atoms with Crippen molar-refractivity contribution in [1.82, 2.24) is 20.1 Å². The molecular weight excluding hydrogens is 320 g/mol. The summed E-state index contributed by atoms with van der Waals surface area (Å²) in [4.78, 5) is 12.1. The molecule has 1 aliphatic rings. The van der Waals surface area contributed by atoms with E-state index < -0.39 is 0 Å². The second-order valence-corrected chi connectivity index (χ2v) is 5.99. The van der Waals surface area contributed by atoms with Crippen LogP contribution in [0.25, 0.3) is 0 Å². The molecule has 1 aliphatic carbocycles. The number of hydrogen-bond donors (Lipinski definition) is 1. The number of benzene rings is 1. The van der Waals surface area contributed by atoms with Gasteiger partial charge < -0.3 is 9.88 Å². The van der Waals surface area contributed by atoms with Crippen LogP contribution >= 0.6 is 15.9 Å². The van der Waals surface area contributed by atoms with E-state index in [1.807, 2.05) is 19.2 Å². The van der Waals surface area contributed by atoms with Crippen molar-refractivity contribution >= 4 is 21.8 Å². The molecule has 2 aromatic rings. The monoisotopic (exact) mass is 334 g/mol. The van der Waals surface area contributed by atoms with E-state index in [1.54, 1.807) is 10.9 Å². The molecule has 2 atom stereocenters. The van der Waals surface area contributed by atoms with E-state index in [-0.39, 0.29) is 11.8 Å². The summed E-state index contributed by atoms with van der Waals surface area (Å²) in [5.41, 5.74) is 1.23. The van der Waals surface area contributed by atoms with Gasteiger partial charge in [-0.1, -0.05) is 28.1 Å². The summed E-state index contributed by atoms with van der Waals surface area (Å²) in [6.07, 6.45) is 2.55. The Morgan fingerprint density at radius 3 is 2.85 bits per heavy atom. The van der Waals surface area contributed by atoms with Crippen molar-refractivity contribution in [2.45, 2.75) is 18.9 Å². The molecule has 1 heterocycles. The highest BCUT2D eigenvalue weighted by Crippen LogP contribution is 2.47. The molecular formula is C14H15BrN4O. The van der Waals surface area contributed by atoms with Gasteiger partial charge in [0, 0.05) is 17.4 Å². The predicted molar refractivity (Wildman–Crippen MR) is 77.8 cm³/mol. The van der Waals surface area contributed by atoms with Crippen molar-refractivity contribution in [2.75, 3.05) is 0 Å². The van der Waals surface area contributed by atoms with Crippen LogP contribution in [0.3, 0.4) is 0 Å². The maximum Gasteiger partial charge on any atom is 0.224 e. The first-order valence-corrected chi connectivity index (χ1v) is 7.30. The van der Waals surface area contributed by atoms with Crippen molar-refractivity contribution < 1.29 is 4.79 Å². The lowest BCUT2D eigenvalue weighted by Crippen LogP contribution is -2.26. The average Bonchev–Trinajstić information content (AvgIpc) is 3.14. The number of carbonyl (C=O) groups is 1. The van der Waals surface area contributed by atoms with Crippen molar-refractivity contribution in [3.8, 4) is 0 Å². The van der Waals surface area contributed by atoms with Gasteiger partial charge in [-0.3, -0.25) is 4.79 Å². The van der Waals surface area contributed by atoms with Gasteiger partial charge in [-0.05, 0) is 30.0 Å². The molecule has 1 aromatic carbocycles. The molecule has 6 heteroatoms. The first-order valence-electron chi connectivity index (χ1n) is 6.51. The number of rotatable bonds is 4. The normalized spacial score (nSPS) is 20.7. The van der Waals surface area contributed by atoms with Crippen LogP contribution in [0.4, 0.5) is 0 Å². The molecule has 1 amide bonds. The van der Waals surface area contributed by atoms with Crippen LogP contribution in [0.2, 0.25) is 0 Å². The van der Waals surface area contributed by atoms with Gasteiger partial charge in [-0.2, -0.15) is 0 Å². The number of carbonyl (C=O) groups excluding carboxylic acids is 1. The van der Waals surface area contributed by atoms with E-state index in [9.17, 15) is 4.79 Å². The molecule has 1 fully saturated rings. The number of nitrogens with one attached hydrogen (secondary N) is 1. The molecule has 0 aliphatic heterocycles. The lowest BCUT2D eigenvalue weighted by molar-refractivity contribution is -0.122. The molecule has 0 radical (unpaired) electrons. The Morgan fingerprint density at radius 2 is 2.20 bits per heavy atom. The number of nitrogens with zero attached hydrogens (tertiary/aromatic N) is 3. The highest BCUT2D eigenvalue weighted by atomic mass is 79.9. The second kappa shape index (κ2) is 5.36. The summed E-state index contributed by atoms with van der Waals surface area (Å²) < 4.78 is 2.87. The number of hydrogen-bond acceptors (Lipinski definition) is 3. The number of aromatic nitrogens is 3. The summed E-state index contributed by atoms with van der Waals surface area (Å²) in [5, 5.41) is 10.7. The maximum atomic E-state index is 12.1. The van der Waals surface area contributed by atoms with Gasteiger partial charge in [0.25, 0.3) is 0 Å². The first kappa shape index (κ1) is 13.3. The van der Waals surface area contributed by atoms with Crippen LogP contribution in [0.15, 0.2) is 35.1 Å². The Bertz CT molecular complexity index is 622. The third-order valence-electron chi connectivity index (χ3n) is 3.65. The van der Waals surface area contributed by atoms with Gasteiger partial charge >= 0.3 is 0 Å². The number of amides is 1. The van der Waals surface area contributed by atoms with Crippen LogP contribution in [0.5, 0.6) is 0 Å². The summed E-state index contributed by atoms with van der Waals surface area (Å²) >= 11 is 3.42. The van der Waals surface area contributed by atoms with Crippen LogP contribution in [0.1, 0.15) is 23.7 Å². The van der Waals surface area contributed by atoms with Gasteiger partial charge in [0.05, 0.1) is 6.54 Å². The quantitative estimate of drug-likeness (QED) is 0.930. The van der Waals surface area contributed by atoms with Crippen LogP contribution in [0, 0.1) is 5.92 Å². The fourth-order valence-electron chi connectivity index (χ4n) is 2.33. The van der Waals surface area contributed by atoms with E-state index in [4.69, 9.17) is 0 Å². The minimum Gasteiger partial charge on any atom is -0.349 e. The molecule has 3 rings (SSSR count). The lowest BCUT2D eigenvalue weighted by Gasteiger charge is -2.04. The maximum absolute atomic E-state index is 12.1. The molecule has 5 nitrogen and oxygen atoms in total. The van der Waals surface area contributed by atoms with Crippen LogP contribution < -0.4 is 5.32 Å². The molecule has 0 saturated heterocycles. The molecule has 1 aromatic heterocycles. The molecule has 104 valence electrons. The largest absolute Gasteiger partial charge is 0.349 e. The molecule has 0 spiro atoms. The minimum absolute atomic E-state index is 0.0874. The summed E-state index contributed by atoms with van der Waals surface area (Å²) in [7, 11) is 1.86. The van der Waals surface area contributed by atoms with Crippen LogP contribution in [-0.2, 0) is 18.4 Å². The van der Waals surface area contributed by atoms with E-state index in [0.717, 1.165) is 16.7 Å². The number of halogens is 1. The molecule has 1 saturated carbocycles. The molecule has 20 heavy (non-hydrogen) atoms. The third kappa shape index (κ3) is 2.75. The summed E-state index contributed by atoms with van der Waals surface area (Å²) in [6, 6.07) is 8.18. The summed E-state index contributed by atoms with van der Waals surface area (Å²) in [6.45, 7) is 0.429. The van der Waals surface area contributed by atoms with E-state index in [1.165, 1.54) is 5.56 Å². The van der Waals surface area contributed by atoms with Gasteiger partial charge in [0.1, 0.15) is 6.33 Å². The number of aryl methyl sites for hydroxylation is 1. The average molecular weight is 335 g/mol. The van der Waals surface area contributed by atoms with Crippen molar-refractivity contribution in [3.63, 3.8) is 0 Å². The highest BCUT2D eigenvalue weighted by Gasteiger charge is 2.43. The Hall–Kier alpha value is -1.69. The highest BCUT2D eigenvalue weighted by molar-refractivity contribution is 9.10. The Morgan fingerprint density at radius 1 is 1.45 bits per heavy atom. The van der Waals surface area contributed by atoms with Gasteiger partial charge in [-0.15, -0.1) is 10.2 Å². The van der Waals surface area contributed by atoms with Crippen molar-refractivity contribution in [2.24, 2.45) is 13.0 Å². The first-order chi connectivity index (χ1) is 9.65. The SMILES string of the molecule is Cn1cnnc1CNC(=O)[C@@H]1C[C@@H]1c1ccc(Br)cc1. The third-order valence-corrected chi connectivity index (χ3v) is 4.18. The second-order valence-electron chi connectivity index (χ2n) is 5.08. The lowest BCUT2D eigenvalue weighted by atomic mass is 10.1. The zero-order valence-corrected chi connectivity index (χ0v) is 12.7. The summed E-state index contributed by atoms with van der Waals surface area (Å²) in [5.74, 6) is 1.30. The van der Waals surface area contributed by atoms with Gasteiger partial charge in [-0.25, -0.2) is 0 Å². The fraction of sp³-hybridized carbons (Fsp3) is 0.357. The Kier molecular flexibility index (Phi) is 3.56. The van der Waals surface area contributed by atoms with E-state index >= 15 is 0 Å². The Balaban J connectivity index is 1.55. The van der Waals surface area contributed by atoms with E-state index in [2.05, 4.69) is 43.6 Å². The van der Waals surface area contributed by atoms with Crippen molar-refractivity contribution in [3.05, 3.63) is 46.5 Å². The van der Waals surface area contributed by atoms with Crippen LogP contribution in [-0.4, -0.2) is 20.7 Å². The Labute approximate surface area is 125 Å². The molecule has 0 unspecified atom stereocenters. The zero-order valence-electron chi connectivity index (χ0n) is 11.1. The fourth-order valence-corrected chi connectivity index (χ4v) is 2.59. The van der Waals surface area contributed by atoms with Gasteiger partial charge in [0.15, 0.2) is 5.82 Å². The van der Waals surface area contributed by atoms with E-state index in [0.29, 0.717) is 12.5 Å². The zero-order chi connectivity index (χ0) is 14.1. The standard InChI is InChI=1S/C14H15BrN4O/c1-19-8-17-18-13(19)7-16-14(20)12-6-11(12)9-2-4-10(15)5-3-9/h2-5,8,11-12H,6-7H2,1H3,(H,16,20)/t11-,12-/m1/s1. The molecule has 0 bridgehead atoms. The smallest absolute Gasteiger partial charge is 0.224 e. The van der Waals surface area contributed by atoms with Crippen molar-refractivity contribution in [1.29, 1.82) is 0 Å². The van der Waals surface area contributed by atoms with Gasteiger partial charge in [0.2, 0.25) is 5.91 Å². The topological polar surface area (TPSA) is 59.8 Å².